The number of methoxy groups -OCH3 is 1. The SMILES string of the molecule is COC(=O)C(N)C1(c2c(C)cccc2F)CC1. The van der Waals surface area contributed by atoms with Crippen molar-refractivity contribution < 1.29 is 13.9 Å². The van der Waals surface area contributed by atoms with E-state index >= 15 is 0 Å². The van der Waals surface area contributed by atoms with Gasteiger partial charge in [-0.25, -0.2) is 4.39 Å². The first-order valence-electron chi connectivity index (χ1n) is 5.62. The lowest BCUT2D eigenvalue weighted by atomic mass is 9.85. The van der Waals surface area contributed by atoms with E-state index in [0.29, 0.717) is 5.56 Å². The topological polar surface area (TPSA) is 52.3 Å². The lowest BCUT2D eigenvalue weighted by molar-refractivity contribution is -0.143. The third-order valence-corrected chi connectivity index (χ3v) is 3.56. The van der Waals surface area contributed by atoms with Gasteiger partial charge in [0.05, 0.1) is 7.11 Å². The summed E-state index contributed by atoms with van der Waals surface area (Å²) in [4.78, 5) is 11.5. The third-order valence-electron chi connectivity index (χ3n) is 3.56. The molecule has 1 fully saturated rings. The van der Waals surface area contributed by atoms with Crippen LogP contribution in [0.15, 0.2) is 18.2 Å². The molecule has 0 aliphatic heterocycles. The molecule has 2 rings (SSSR count). The molecule has 0 spiro atoms. The van der Waals surface area contributed by atoms with Crippen LogP contribution in [0.1, 0.15) is 24.0 Å². The van der Waals surface area contributed by atoms with Crippen molar-refractivity contribution in [2.75, 3.05) is 7.11 Å². The average molecular weight is 237 g/mol. The largest absolute Gasteiger partial charge is 0.468 e. The molecule has 0 amide bonds. The molecule has 0 aromatic heterocycles. The molecule has 2 N–H and O–H groups in total. The number of ether oxygens (including phenoxy) is 1. The summed E-state index contributed by atoms with van der Waals surface area (Å²) in [6, 6.07) is 4.12. The fourth-order valence-electron chi connectivity index (χ4n) is 2.47. The van der Waals surface area contributed by atoms with E-state index in [4.69, 9.17) is 5.73 Å². The molecule has 1 unspecified atom stereocenters. The van der Waals surface area contributed by atoms with Crippen molar-refractivity contribution in [1.29, 1.82) is 0 Å². The summed E-state index contributed by atoms with van der Waals surface area (Å²) in [6.45, 7) is 1.84. The molecule has 1 aromatic carbocycles. The van der Waals surface area contributed by atoms with E-state index in [1.807, 2.05) is 13.0 Å². The van der Waals surface area contributed by atoms with E-state index in [1.165, 1.54) is 13.2 Å². The van der Waals surface area contributed by atoms with E-state index in [9.17, 15) is 9.18 Å². The van der Waals surface area contributed by atoms with Crippen LogP contribution in [-0.4, -0.2) is 19.1 Å². The van der Waals surface area contributed by atoms with E-state index in [0.717, 1.165) is 18.4 Å². The number of rotatable bonds is 3. The molecule has 0 saturated heterocycles. The highest BCUT2D eigenvalue weighted by Gasteiger charge is 2.54. The van der Waals surface area contributed by atoms with Gasteiger partial charge >= 0.3 is 5.97 Å². The van der Waals surface area contributed by atoms with Crippen molar-refractivity contribution in [3.8, 4) is 0 Å². The average Bonchev–Trinajstić information content (AvgIpc) is 3.08. The van der Waals surface area contributed by atoms with Crippen LogP contribution in [0, 0.1) is 12.7 Å². The number of esters is 1. The van der Waals surface area contributed by atoms with Gasteiger partial charge in [0.15, 0.2) is 0 Å². The maximum Gasteiger partial charge on any atom is 0.323 e. The summed E-state index contributed by atoms with van der Waals surface area (Å²) in [5.74, 6) is -0.771. The Labute approximate surface area is 99.8 Å². The first-order chi connectivity index (χ1) is 8.03. The van der Waals surface area contributed by atoms with Crippen LogP contribution in [0.3, 0.4) is 0 Å². The van der Waals surface area contributed by atoms with Crippen molar-refractivity contribution in [1.82, 2.24) is 0 Å². The highest BCUT2D eigenvalue weighted by atomic mass is 19.1. The number of hydrogen-bond acceptors (Lipinski definition) is 3. The van der Waals surface area contributed by atoms with Gasteiger partial charge in [0.1, 0.15) is 11.9 Å². The monoisotopic (exact) mass is 237 g/mol. The van der Waals surface area contributed by atoms with Gasteiger partial charge in [0.25, 0.3) is 0 Å². The summed E-state index contributed by atoms with van der Waals surface area (Å²) >= 11 is 0. The second-order valence-electron chi connectivity index (χ2n) is 4.59. The highest BCUT2D eigenvalue weighted by molar-refractivity contribution is 5.79. The van der Waals surface area contributed by atoms with Crippen molar-refractivity contribution >= 4 is 5.97 Å². The second kappa shape index (κ2) is 4.11. The molecule has 0 radical (unpaired) electrons. The predicted molar refractivity (Wildman–Crippen MR) is 62.0 cm³/mol. The maximum absolute atomic E-state index is 13.9. The minimum atomic E-state index is -0.789. The van der Waals surface area contributed by atoms with Crippen molar-refractivity contribution in [3.63, 3.8) is 0 Å². The first-order valence-corrected chi connectivity index (χ1v) is 5.62. The Morgan fingerprint density at radius 2 is 2.18 bits per heavy atom. The van der Waals surface area contributed by atoms with Crippen molar-refractivity contribution in [2.24, 2.45) is 5.73 Å². The molecular weight excluding hydrogens is 221 g/mol. The van der Waals surface area contributed by atoms with Crippen molar-refractivity contribution in [2.45, 2.75) is 31.2 Å². The molecule has 1 atom stereocenters. The number of carbonyl (C=O) groups is 1. The van der Waals surface area contributed by atoms with Crippen LogP contribution < -0.4 is 5.73 Å². The molecule has 4 heteroatoms. The molecule has 0 heterocycles. The Kier molecular flexibility index (Phi) is 2.91. The molecule has 1 aliphatic carbocycles. The summed E-state index contributed by atoms with van der Waals surface area (Å²) in [6.07, 6.45) is 1.45. The van der Waals surface area contributed by atoms with Gasteiger partial charge in [-0.2, -0.15) is 0 Å². The van der Waals surface area contributed by atoms with Gasteiger partial charge in [0.2, 0.25) is 0 Å². The molecule has 92 valence electrons. The Morgan fingerprint density at radius 1 is 1.53 bits per heavy atom. The standard InChI is InChI=1S/C13H16FNO2/c1-8-4-3-5-9(14)10(8)13(6-7-13)11(15)12(16)17-2/h3-5,11H,6-7,15H2,1-2H3. The summed E-state index contributed by atoms with van der Waals surface area (Å²) < 4.78 is 18.6. The number of nitrogens with two attached hydrogens (primary N) is 1. The molecular formula is C13H16FNO2. The summed E-state index contributed by atoms with van der Waals surface area (Å²) in [7, 11) is 1.30. The third kappa shape index (κ3) is 1.82. The zero-order valence-corrected chi connectivity index (χ0v) is 10.00. The lowest BCUT2D eigenvalue weighted by Gasteiger charge is -2.23. The van der Waals surface area contributed by atoms with Crippen molar-refractivity contribution in [3.05, 3.63) is 35.1 Å². The molecule has 3 nitrogen and oxygen atoms in total. The zero-order chi connectivity index (χ0) is 12.6. The van der Waals surface area contributed by atoms with Crippen LogP contribution in [0.25, 0.3) is 0 Å². The van der Waals surface area contributed by atoms with E-state index < -0.39 is 17.4 Å². The number of carbonyl (C=O) groups excluding carboxylic acids is 1. The number of hydrogen-bond donors (Lipinski definition) is 1. The Bertz CT molecular complexity index is 434. The molecule has 1 aromatic rings. The minimum Gasteiger partial charge on any atom is -0.468 e. The van der Waals surface area contributed by atoms with Gasteiger partial charge in [-0.1, -0.05) is 12.1 Å². The van der Waals surface area contributed by atoms with Crippen LogP contribution >= 0.6 is 0 Å². The summed E-state index contributed by atoms with van der Waals surface area (Å²) in [5.41, 5.74) is 6.73. The zero-order valence-electron chi connectivity index (χ0n) is 10.00. The fourth-order valence-corrected chi connectivity index (χ4v) is 2.47. The van der Waals surface area contributed by atoms with E-state index in [2.05, 4.69) is 4.74 Å². The van der Waals surface area contributed by atoms with Crippen LogP contribution in [0.4, 0.5) is 4.39 Å². The minimum absolute atomic E-state index is 0.290. The maximum atomic E-state index is 13.9. The quantitative estimate of drug-likeness (QED) is 0.813. The van der Waals surface area contributed by atoms with Gasteiger partial charge in [0, 0.05) is 5.41 Å². The van der Waals surface area contributed by atoms with Gasteiger partial charge < -0.3 is 10.5 Å². The van der Waals surface area contributed by atoms with Gasteiger partial charge in [-0.3, -0.25) is 4.79 Å². The fraction of sp³-hybridized carbons (Fsp3) is 0.462. The smallest absolute Gasteiger partial charge is 0.323 e. The molecule has 17 heavy (non-hydrogen) atoms. The lowest BCUT2D eigenvalue weighted by Crippen LogP contribution is -2.43. The normalized spacial score (nSPS) is 18.6. The summed E-state index contributed by atoms with van der Waals surface area (Å²) in [5, 5.41) is 0. The van der Waals surface area contributed by atoms with E-state index in [-0.39, 0.29) is 5.82 Å². The Morgan fingerprint density at radius 3 is 2.65 bits per heavy atom. The number of benzene rings is 1. The van der Waals surface area contributed by atoms with Gasteiger partial charge in [-0.05, 0) is 37.0 Å². The Hall–Kier alpha value is -1.42. The van der Waals surface area contributed by atoms with E-state index in [1.54, 1.807) is 6.07 Å². The Balaban J connectivity index is 2.43. The highest BCUT2D eigenvalue weighted by Crippen LogP contribution is 2.52. The molecule has 1 saturated carbocycles. The number of halogens is 1. The molecule has 0 bridgehead atoms. The molecule has 1 aliphatic rings. The van der Waals surface area contributed by atoms with Gasteiger partial charge in [-0.15, -0.1) is 0 Å². The predicted octanol–water partition coefficient (Wildman–Crippen LogP) is 1.67. The number of aryl methyl sites for hydroxylation is 1. The van der Waals surface area contributed by atoms with Crippen LogP contribution in [0.5, 0.6) is 0 Å². The second-order valence-corrected chi connectivity index (χ2v) is 4.59. The van der Waals surface area contributed by atoms with Crippen LogP contribution in [-0.2, 0) is 14.9 Å². The first kappa shape index (κ1) is 12.0. The van der Waals surface area contributed by atoms with Crippen LogP contribution in [0.2, 0.25) is 0 Å².